The normalized spacial score (nSPS) is 17.8. The van der Waals surface area contributed by atoms with Crippen LogP contribution >= 0.6 is 0 Å². The molecule has 1 fully saturated rings. The van der Waals surface area contributed by atoms with E-state index in [0.29, 0.717) is 17.4 Å². The highest BCUT2D eigenvalue weighted by atomic mass is 16.5. The van der Waals surface area contributed by atoms with Gasteiger partial charge in [-0.15, -0.1) is 0 Å². The van der Waals surface area contributed by atoms with E-state index in [4.69, 9.17) is 4.52 Å². The molecular formula is C21H24N6O. The minimum Gasteiger partial charge on any atom is -0.332 e. The SMILES string of the molecule is Cc1ncc2c(c1-c1noc(-c3cnccn3)n1)CCN(CC1CCCC1)C2. The lowest BCUT2D eigenvalue weighted by atomic mass is 9.94. The zero-order valence-electron chi connectivity index (χ0n) is 16.1. The predicted molar refractivity (Wildman–Crippen MR) is 104 cm³/mol. The van der Waals surface area contributed by atoms with Crippen LogP contribution in [0.2, 0.25) is 0 Å². The zero-order valence-corrected chi connectivity index (χ0v) is 16.1. The van der Waals surface area contributed by atoms with Crippen molar-refractivity contribution in [3.8, 4) is 23.0 Å². The molecule has 1 aliphatic carbocycles. The summed E-state index contributed by atoms with van der Waals surface area (Å²) in [5.74, 6) is 1.84. The van der Waals surface area contributed by atoms with E-state index in [0.717, 1.165) is 36.7 Å². The summed E-state index contributed by atoms with van der Waals surface area (Å²) in [6, 6.07) is 0. The second-order valence-corrected chi connectivity index (χ2v) is 7.87. The quantitative estimate of drug-likeness (QED) is 0.690. The first kappa shape index (κ1) is 17.4. The van der Waals surface area contributed by atoms with Crippen molar-refractivity contribution in [3.63, 3.8) is 0 Å². The lowest BCUT2D eigenvalue weighted by Gasteiger charge is -2.31. The Labute approximate surface area is 164 Å². The van der Waals surface area contributed by atoms with E-state index < -0.39 is 0 Å². The van der Waals surface area contributed by atoms with Crippen molar-refractivity contribution < 1.29 is 4.52 Å². The van der Waals surface area contributed by atoms with Crippen molar-refractivity contribution in [1.82, 2.24) is 30.0 Å². The molecule has 5 rings (SSSR count). The fourth-order valence-corrected chi connectivity index (χ4v) is 4.56. The maximum atomic E-state index is 5.46. The van der Waals surface area contributed by atoms with Crippen molar-refractivity contribution in [2.45, 2.75) is 45.6 Å². The molecule has 144 valence electrons. The molecule has 1 saturated carbocycles. The summed E-state index contributed by atoms with van der Waals surface area (Å²) in [4.78, 5) is 20.1. The lowest BCUT2D eigenvalue weighted by molar-refractivity contribution is 0.214. The average molecular weight is 376 g/mol. The summed E-state index contributed by atoms with van der Waals surface area (Å²) in [5, 5.41) is 4.23. The molecular weight excluding hydrogens is 352 g/mol. The second kappa shape index (κ2) is 7.39. The molecule has 0 unspecified atom stereocenters. The first-order chi connectivity index (χ1) is 13.8. The number of hydrogen-bond donors (Lipinski definition) is 0. The third kappa shape index (κ3) is 3.30. The van der Waals surface area contributed by atoms with Gasteiger partial charge in [0, 0.05) is 49.5 Å². The van der Waals surface area contributed by atoms with Crippen LogP contribution in [0.4, 0.5) is 0 Å². The summed E-state index contributed by atoms with van der Waals surface area (Å²) in [7, 11) is 0. The number of nitrogens with zero attached hydrogens (tertiary/aromatic N) is 6. The Morgan fingerprint density at radius 2 is 2.04 bits per heavy atom. The van der Waals surface area contributed by atoms with Gasteiger partial charge in [-0.3, -0.25) is 14.9 Å². The molecule has 0 aromatic carbocycles. The second-order valence-electron chi connectivity index (χ2n) is 7.87. The fraction of sp³-hybridized carbons (Fsp3) is 0.476. The van der Waals surface area contributed by atoms with E-state index in [1.807, 2.05) is 13.1 Å². The Morgan fingerprint density at radius 3 is 2.86 bits per heavy atom. The van der Waals surface area contributed by atoms with Crippen molar-refractivity contribution in [1.29, 1.82) is 0 Å². The van der Waals surface area contributed by atoms with Gasteiger partial charge in [0.15, 0.2) is 0 Å². The van der Waals surface area contributed by atoms with E-state index in [1.165, 1.54) is 43.4 Å². The number of aryl methyl sites for hydroxylation is 1. The summed E-state index contributed by atoms with van der Waals surface area (Å²) >= 11 is 0. The van der Waals surface area contributed by atoms with E-state index in [2.05, 4.69) is 30.0 Å². The first-order valence-corrected chi connectivity index (χ1v) is 10.1. The topological polar surface area (TPSA) is 80.8 Å². The molecule has 3 aromatic heterocycles. The third-order valence-electron chi connectivity index (χ3n) is 5.96. The van der Waals surface area contributed by atoms with Gasteiger partial charge in [-0.05, 0) is 43.2 Å². The maximum absolute atomic E-state index is 5.46. The number of pyridine rings is 1. The molecule has 0 N–H and O–H groups in total. The maximum Gasteiger partial charge on any atom is 0.278 e. The van der Waals surface area contributed by atoms with Gasteiger partial charge in [-0.1, -0.05) is 18.0 Å². The van der Waals surface area contributed by atoms with Crippen LogP contribution in [0.5, 0.6) is 0 Å². The van der Waals surface area contributed by atoms with Crippen LogP contribution in [0, 0.1) is 12.8 Å². The summed E-state index contributed by atoms with van der Waals surface area (Å²) in [5.41, 5.74) is 5.13. The van der Waals surface area contributed by atoms with Crippen molar-refractivity contribution in [2.24, 2.45) is 5.92 Å². The summed E-state index contributed by atoms with van der Waals surface area (Å²) < 4.78 is 5.46. The summed E-state index contributed by atoms with van der Waals surface area (Å²) in [6.07, 6.45) is 13.5. The average Bonchev–Trinajstić information content (AvgIpc) is 3.41. The van der Waals surface area contributed by atoms with Crippen LogP contribution in [0.15, 0.2) is 29.3 Å². The smallest absolute Gasteiger partial charge is 0.278 e. The third-order valence-corrected chi connectivity index (χ3v) is 5.96. The molecule has 3 aromatic rings. The molecule has 2 aliphatic rings. The van der Waals surface area contributed by atoms with Gasteiger partial charge >= 0.3 is 0 Å². The molecule has 0 bridgehead atoms. The van der Waals surface area contributed by atoms with Crippen molar-refractivity contribution in [3.05, 3.63) is 41.6 Å². The molecule has 4 heterocycles. The first-order valence-electron chi connectivity index (χ1n) is 10.1. The zero-order chi connectivity index (χ0) is 18.9. The highest BCUT2D eigenvalue weighted by Crippen LogP contribution is 2.33. The molecule has 0 spiro atoms. The van der Waals surface area contributed by atoms with Gasteiger partial charge in [-0.25, -0.2) is 4.98 Å². The molecule has 28 heavy (non-hydrogen) atoms. The highest BCUT2D eigenvalue weighted by molar-refractivity contribution is 5.66. The molecule has 7 nitrogen and oxygen atoms in total. The standard InChI is InChI=1S/C21H24N6O/c1-14-19(20-25-21(28-26-20)18-11-22-7-8-23-18)17-6-9-27(13-16(17)10-24-14)12-15-4-2-3-5-15/h7-8,10-11,15H,2-6,9,12-13H2,1H3. The van der Waals surface area contributed by atoms with Crippen LogP contribution in [0.3, 0.4) is 0 Å². The summed E-state index contributed by atoms with van der Waals surface area (Å²) in [6.45, 7) is 5.26. The molecule has 0 radical (unpaired) electrons. The van der Waals surface area contributed by atoms with Gasteiger partial charge in [0.05, 0.1) is 6.20 Å². The van der Waals surface area contributed by atoms with E-state index in [1.54, 1.807) is 18.6 Å². The van der Waals surface area contributed by atoms with E-state index in [-0.39, 0.29) is 0 Å². The highest BCUT2D eigenvalue weighted by Gasteiger charge is 2.26. The molecule has 1 aliphatic heterocycles. The Hall–Kier alpha value is -2.67. The monoisotopic (exact) mass is 376 g/mol. The van der Waals surface area contributed by atoms with Gasteiger partial charge in [0.1, 0.15) is 5.69 Å². The van der Waals surface area contributed by atoms with Crippen LogP contribution < -0.4 is 0 Å². The minimum atomic E-state index is 0.388. The van der Waals surface area contributed by atoms with Crippen molar-refractivity contribution >= 4 is 0 Å². The lowest BCUT2D eigenvalue weighted by Crippen LogP contribution is -2.34. The fourth-order valence-electron chi connectivity index (χ4n) is 4.56. The van der Waals surface area contributed by atoms with Gasteiger partial charge < -0.3 is 4.52 Å². The van der Waals surface area contributed by atoms with Crippen LogP contribution in [-0.4, -0.2) is 43.1 Å². The van der Waals surface area contributed by atoms with E-state index in [9.17, 15) is 0 Å². The minimum absolute atomic E-state index is 0.388. The van der Waals surface area contributed by atoms with Crippen LogP contribution in [0.25, 0.3) is 23.0 Å². The van der Waals surface area contributed by atoms with E-state index >= 15 is 0 Å². The largest absolute Gasteiger partial charge is 0.332 e. The number of fused-ring (bicyclic) bond motifs is 1. The van der Waals surface area contributed by atoms with Gasteiger partial charge in [0.25, 0.3) is 5.89 Å². The Bertz CT molecular complexity index is 964. The Morgan fingerprint density at radius 1 is 1.14 bits per heavy atom. The Balaban J connectivity index is 1.43. The number of aromatic nitrogens is 5. The molecule has 0 amide bonds. The van der Waals surface area contributed by atoms with Gasteiger partial charge in [0.2, 0.25) is 5.82 Å². The molecule has 0 atom stereocenters. The van der Waals surface area contributed by atoms with Gasteiger partial charge in [-0.2, -0.15) is 4.98 Å². The molecule has 7 heteroatoms. The Kier molecular flexibility index (Phi) is 4.60. The van der Waals surface area contributed by atoms with Crippen molar-refractivity contribution in [2.75, 3.05) is 13.1 Å². The number of hydrogen-bond acceptors (Lipinski definition) is 7. The molecule has 0 saturated heterocycles. The van der Waals surface area contributed by atoms with Crippen LogP contribution in [-0.2, 0) is 13.0 Å². The number of rotatable bonds is 4. The predicted octanol–water partition coefficient (Wildman–Crippen LogP) is 3.45. The van der Waals surface area contributed by atoms with Crippen LogP contribution in [0.1, 0.15) is 42.5 Å².